The molecule has 2 rings (SSSR count). The number of hydrogen-bond donors (Lipinski definition) is 0. The fourth-order valence-electron chi connectivity index (χ4n) is 1.85. The first-order valence-electron chi connectivity index (χ1n) is 6.28. The standard InChI is InChI=1S/C14H13F3N2O3/c1-9-7-11(18-22-9)13(20)19(2)8-10-5-3-4-6-12(10)21-14(15,16)17/h3-7H,8H2,1-2H3. The van der Waals surface area contributed by atoms with Crippen molar-refractivity contribution in [3.8, 4) is 5.75 Å². The summed E-state index contributed by atoms with van der Waals surface area (Å²) in [6.07, 6.45) is -4.79. The average Bonchev–Trinajstić information content (AvgIpc) is 2.85. The molecule has 0 radical (unpaired) electrons. The SMILES string of the molecule is Cc1cc(C(=O)N(C)Cc2ccccc2OC(F)(F)F)no1. The van der Waals surface area contributed by atoms with Crippen LogP contribution in [-0.4, -0.2) is 29.4 Å². The minimum absolute atomic E-state index is 0.0585. The van der Waals surface area contributed by atoms with Crippen LogP contribution in [0.2, 0.25) is 0 Å². The predicted octanol–water partition coefficient (Wildman–Crippen LogP) is 3.15. The van der Waals surface area contributed by atoms with E-state index >= 15 is 0 Å². The van der Waals surface area contributed by atoms with Crippen molar-refractivity contribution in [3.63, 3.8) is 0 Å². The Morgan fingerprint density at radius 3 is 2.64 bits per heavy atom. The Morgan fingerprint density at radius 2 is 2.05 bits per heavy atom. The molecule has 118 valence electrons. The van der Waals surface area contributed by atoms with Crippen molar-refractivity contribution >= 4 is 5.91 Å². The third-order valence-corrected chi connectivity index (χ3v) is 2.80. The van der Waals surface area contributed by atoms with Crippen molar-refractivity contribution in [1.82, 2.24) is 10.1 Å². The fourth-order valence-corrected chi connectivity index (χ4v) is 1.85. The highest BCUT2D eigenvalue weighted by Gasteiger charge is 2.32. The summed E-state index contributed by atoms with van der Waals surface area (Å²) in [5, 5.41) is 3.58. The van der Waals surface area contributed by atoms with Crippen LogP contribution in [0.3, 0.4) is 0 Å². The summed E-state index contributed by atoms with van der Waals surface area (Å²) in [6, 6.07) is 7.10. The topological polar surface area (TPSA) is 55.6 Å². The van der Waals surface area contributed by atoms with Gasteiger partial charge < -0.3 is 14.2 Å². The van der Waals surface area contributed by atoms with Crippen LogP contribution in [0.15, 0.2) is 34.9 Å². The summed E-state index contributed by atoms with van der Waals surface area (Å²) in [5.74, 6) is -0.331. The number of hydrogen-bond acceptors (Lipinski definition) is 4. The van der Waals surface area contributed by atoms with Gasteiger partial charge in [0.2, 0.25) is 0 Å². The number of aromatic nitrogens is 1. The Balaban J connectivity index is 2.15. The summed E-state index contributed by atoms with van der Waals surface area (Å²) >= 11 is 0. The van der Waals surface area contributed by atoms with E-state index in [-0.39, 0.29) is 23.6 Å². The van der Waals surface area contributed by atoms with Gasteiger partial charge >= 0.3 is 6.36 Å². The summed E-state index contributed by atoms with van der Waals surface area (Å²) in [6.45, 7) is 1.58. The Morgan fingerprint density at radius 1 is 1.36 bits per heavy atom. The van der Waals surface area contributed by atoms with Crippen LogP contribution in [0.1, 0.15) is 21.8 Å². The van der Waals surface area contributed by atoms with E-state index in [2.05, 4.69) is 9.89 Å². The van der Waals surface area contributed by atoms with Gasteiger partial charge in [0, 0.05) is 25.2 Å². The summed E-state index contributed by atoms with van der Waals surface area (Å²) < 4.78 is 45.8. The van der Waals surface area contributed by atoms with Gasteiger partial charge in [0.1, 0.15) is 11.5 Å². The van der Waals surface area contributed by atoms with Crippen molar-refractivity contribution in [2.24, 2.45) is 0 Å². The molecule has 22 heavy (non-hydrogen) atoms. The van der Waals surface area contributed by atoms with Gasteiger partial charge in [0.15, 0.2) is 5.69 Å². The molecule has 5 nitrogen and oxygen atoms in total. The number of aryl methyl sites for hydroxylation is 1. The van der Waals surface area contributed by atoms with Gasteiger partial charge in [-0.1, -0.05) is 23.4 Å². The van der Waals surface area contributed by atoms with Gasteiger partial charge in [-0.05, 0) is 13.0 Å². The number of carbonyl (C=O) groups is 1. The van der Waals surface area contributed by atoms with Crippen molar-refractivity contribution in [2.75, 3.05) is 7.05 Å². The van der Waals surface area contributed by atoms with Gasteiger partial charge in [0.05, 0.1) is 0 Å². The normalized spacial score (nSPS) is 11.3. The van der Waals surface area contributed by atoms with Crippen LogP contribution in [0.25, 0.3) is 0 Å². The lowest BCUT2D eigenvalue weighted by Gasteiger charge is -2.18. The van der Waals surface area contributed by atoms with Crippen LogP contribution in [0.4, 0.5) is 13.2 Å². The molecule has 0 unspecified atom stereocenters. The van der Waals surface area contributed by atoms with E-state index in [0.29, 0.717) is 5.76 Å². The van der Waals surface area contributed by atoms with Crippen LogP contribution < -0.4 is 4.74 Å². The molecule has 8 heteroatoms. The second-order valence-electron chi connectivity index (χ2n) is 4.64. The smallest absolute Gasteiger partial charge is 0.405 e. The van der Waals surface area contributed by atoms with E-state index in [9.17, 15) is 18.0 Å². The van der Waals surface area contributed by atoms with Gasteiger partial charge in [-0.2, -0.15) is 0 Å². The molecule has 0 atom stereocenters. The number of rotatable bonds is 4. The molecule has 0 aliphatic heterocycles. The highest BCUT2D eigenvalue weighted by atomic mass is 19.4. The second-order valence-corrected chi connectivity index (χ2v) is 4.64. The molecule has 2 aromatic rings. The molecule has 0 aliphatic carbocycles. The monoisotopic (exact) mass is 314 g/mol. The zero-order chi connectivity index (χ0) is 16.3. The number of benzene rings is 1. The summed E-state index contributed by atoms with van der Waals surface area (Å²) in [5.41, 5.74) is 0.324. The van der Waals surface area contributed by atoms with Gasteiger partial charge in [-0.25, -0.2) is 0 Å². The maximum atomic E-state index is 12.4. The lowest BCUT2D eigenvalue weighted by Crippen LogP contribution is -2.27. The van der Waals surface area contributed by atoms with E-state index in [4.69, 9.17) is 4.52 Å². The lowest BCUT2D eigenvalue weighted by atomic mass is 10.2. The van der Waals surface area contributed by atoms with Gasteiger partial charge in [-0.15, -0.1) is 13.2 Å². The average molecular weight is 314 g/mol. The predicted molar refractivity (Wildman–Crippen MR) is 70.2 cm³/mol. The molecule has 0 aliphatic rings. The summed E-state index contributed by atoms with van der Waals surface area (Å²) in [4.78, 5) is 13.3. The van der Waals surface area contributed by atoms with Crippen LogP contribution in [0, 0.1) is 6.92 Å². The van der Waals surface area contributed by atoms with Gasteiger partial charge in [0.25, 0.3) is 5.91 Å². The van der Waals surface area contributed by atoms with Crippen LogP contribution in [0.5, 0.6) is 5.75 Å². The van der Waals surface area contributed by atoms with E-state index in [1.165, 1.54) is 36.2 Å². The Kier molecular flexibility index (Phi) is 4.39. The van der Waals surface area contributed by atoms with Gasteiger partial charge in [-0.3, -0.25) is 4.79 Å². The first-order chi connectivity index (χ1) is 10.3. The molecular weight excluding hydrogens is 301 g/mol. The Hall–Kier alpha value is -2.51. The van der Waals surface area contributed by atoms with Crippen molar-refractivity contribution < 1.29 is 27.2 Å². The quantitative estimate of drug-likeness (QED) is 0.870. The van der Waals surface area contributed by atoms with Crippen molar-refractivity contribution in [2.45, 2.75) is 19.8 Å². The van der Waals surface area contributed by atoms with Crippen molar-refractivity contribution in [1.29, 1.82) is 0 Å². The molecule has 1 amide bonds. The third kappa shape index (κ3) is 4.00. The second kappa shape index (κ2) is 6.08. The Bertz CT molecular complexity index is 667. The number of carbonyl (C=O) groups excluding carboxylic acids is 1. The molecule has 0 saturated carbocycles. The zero-order valence-electron chi connectivity index (χ0n) is 11.8. The fraction of sp³-hybridized carbons (Fsp3) is 0.286. The minimum atomic E-state index is -4.79. The van der Waals surface area contributed by atoms with Crippen LogP contribution >= 0.6 is 0 Å². The zero-order valence-corrected chi connectivity index (χ0v) is 11.8. The molecule has 0 spiro atoms. The number of ether oxygens (including phenoxy) is 1. The number of nitrogens with zero attached hydrogens (tertiary/aromatic N) is 2. The molecule has 0 bridgehead atoms. The summed E-state index contributed by atoms with van der Waals surface area (Å²) in [7, 11) is 1.46. The van der Waals surface area contributed by atoms with E-state index in [0.717, 1.165) is 0 Å². The molecule has 1 aromatic carbocycles. The third-order valence-electron chi connectivity index (χ3n) is 2.80. The lowest BCUT2D eigenvalue weighted by molar-refractivity contribution is -0.274. The molecule has 0 fully saturated rings. The first-order valence-corrected chi connectivity index (χ1v) is 6.28. The highest BCUT2D eigenvalue weighted by molar-refractivity contribution is 5.92. The molecule has 0 saturated heterocycles. The molecular formula is C14H13F3N2O3. The molecule has 1 heterocycles. The van der Waals surface area contributed by atoms with E-state index in [1.54, 1.807) is 13.0 Å². The number of alkyl halides is 3. The number of amides is 1. The first kappa shape index (κ1) is 15.9. The largest absolute Gasteiger partial charge is 0.573 e. The van der Waals surface area contributed by atoms with E-state index < -0.39 is 12.3 Å². The maximum absolute atomic E-state index is 12.4. The van der Waals surface area contributed by atoms with E-state index in [1.807, 2.05) is 0 Å². The van der Waals surface area contributed by atoms with Crippen molar-refractivity contribution in [3.05, 3.63) is 47.3 Å². The number of para-hydroxylation sites is 1. The molecule has 1 aromatic heterocycles. The minimum Gasteiger partial charge on any atom is -0.405 e. The van der Waals surface area contributed by atoms with Crippen LogP contribution in [-0.2, 0) is 6.54 Å². The highest BCUT2D eigenvalue weighted by Crippen LogP contribution is 2.27. The molecule has 0 N–H and O–H groups in total. The maximum Gasteiger partial charge on any atom is 0.573 e. The number of halogens is 3. The Labute approximate surface area is 124 Å².